The fraction of sp³-hybridized carbons (Fsp3) is 0.259. The van der Waals surface area contributed by atoms with Crippen LogP contribution in [0.25, 0.3) is 16.6 Å². The van der Waals surface area contributed by atoms with Crippen molar-refractivity contribution >= 4 is 41.6 Å². The summed E-state index contributed by atoms with van der Waals surface area (Å²) in [7, 11) is 0. The number of pyridine rings is 1. The van der Waals surface area contributed by atoms with Crippen LogP contribution in [0.1, 0.15) is 28.5 Å². The van der Waals surface area contributed by atoms with Gasteiger partial charge in [-0.1, -0.05) is 31.2 Å². The Bertz CT molecular complexity index is 1360. The number of piperazine rings is 1. The molecule has 3 heterocycles. The largest absolute Gasteiger partial charge is 0.439 e. The number of aryl methyl sites for hydroxylation is 2. The van der Waals surface area contributed by atoms with E-state index in [1.165, 1.54) is 12.1 Å². The minimum atomic E-state index is -0.395. The maximum atomic E-state index is 14.2. The third-order valence-electron chi connectivity index (χ3n) is 6.23. The van der Waals surface area contributed by atoms with Crippen LogP contribution >= 0.6 is 24.8 Å². The summed E-state index contributed by atoms with van der Waals surface area (Å²) in [6.07, 6.45) is 2.43. The van der Waals surface area contributed by atoms with Crippen molar-refractivity contribution in [3.05, 3.63) is 83.4 Å². The second-order valence-corrected chi connectivity index (χ2v) is 8.41. The average molecular weight is 531 g/mol. The summed E-state index contributed by atoms with van der Waals surface area (Å²) in [4.78, 5) is 20.4. The van der Waals surface area contributed by atoms with E-state index in [-0.39, 0.29) is 30.7 Å². The van der Waals surface area contributed by atoms with Crippen LogP contribution in [0.4, 0.5) is 4.39 Å². The van der Waals surface area contributed by atoms with Gasteiger partial charge in [0.2, 0.25) is 5.88 Å². The van der Waals surface area contributed by atoms with Crippen molar-refractivity contribution in [1.29, 1.82) is 0 Å². The van der Waals surface area contributed by atoms with E-state index in [9.17, 15) is 9.18 Å². The minimum absolute atomic E-state index is 0. The van der Waals surface area contributed by atoms with Crippen molar-refractivity contribution in [1.82, 2.24) is 19.8 Å². The van der Waals surface area contributed by atoms with Crippen LogP contribution in [0.3, 0.4) is 0 Å². The topological polar surface area (TPSA) is 59.4 Å². The first-order valence-corrected chi connectivity index (χ1v) is 11.6. The molecule has 0 spiro atoms. The summed E-state index contributed by atoms with van der Waals surface area (Å²) in [6.45, 7) is 6.61. The SMILES string of the molecule is CCc1nccc2c(C(=O)N3CCNCC3)c(Oc3cc(F)ccc3C)n(-c3ccccc3)c12.Cl.Cl. The Morgan fingerprint density at radius 2 is 1.81 bits per heavy atom. The van der Waals surface area contributed by atoms with Gasteiger partial charge < -0.3 is 15.0 Å². The Morgan fingerprint density at radius 3 is 2.50 bits per heavy atom. The van der Waals surface area contributed by atoms with Gasteiger partial charge in [0.1, 0.15) is 17.1 Å². The maximum Gasteiger partial charge on any atom is 0.260 e. The fourth-order valence-corrected chi connectivity index (χ4v) is 4.48. The zero-order chi connectivity index (χ0) is 23.7. The number of carbonyl (C=O) groups excluding carboxylic acids is 1. The van der Waals surface area contributed by atoms with Crippen LogP contribution in [-0.2, 0) is 6.42 Å². The molecule has 0 bridgehead atoms. The van der Waals surface area contributed by atoms with Crippen LogP contribution in [0.15, 0.2) is 60.8 Å². The summed E-state index contributed by atoms with van der Waals surface area (Å²) < 4.78 is 22.5. The van der Waals surface area contributed by atoms with Crippen molar-refractivity contribution < 1.29 is 13.9 Å². The van der Waals surface area contributed by atoms with Crippen LogP contribution in [0, 0.1) is 12.7 Å². The Labute approximate surface area is 222 Å². The molecule has 1 aliphatic heterocycles. The van der Waals surface area contributed by atoms with Crippen molar-refractivity contribution in [3.63, 3.8) is 0 Å². The lowest BCUT2D eigenvalue weighted by Crippen LogP contribution is -2.46. The molecular formula is C27H29Cl2FN4O2. The van der Waals surface area contributed by atoms with Crippen LogP contribution < -0.4 is 10.1 Å². The number of para-hydroxylation sites is 1. The number of amides is 1. The predicted octanol–water partition coefficient (Wildman–Crippen LogP) is 5.72. The number of ether oxygens (including phenoxy) is 1. The Balaban J connectivity index is 0.00000180. The summed E-state index contributed by atoms with van der Waals surface area (Å²) in [6, 6.07) is 16.1. The van der Waals surface area contributed by atoms with Gasteiger partial charge in [0.05, 0.1) is 11.2 Å². The molecule has 4 aromatic rings. The highest BCUT2D eigenvalue weighted by Crippen LogP contribution is 2.40. The molecule has 36 heavy (non-hydrogen) atoms. The average Bonchev–Trinajstić information content (AvgIpc) is 3.20. The molecule has 1 fully saturated rings. The lowest BCUT2D eigenvalue weighted by atomic mass is 10.1. The first-order valence-electron chi connectivity index (χ1n) is 11.6. The molecule has 0 saturated carbocycles. The molecule has 5 rings (SSSR count). The highest BCUT2D eigenvalue weighted by atomic mass is 35.5. The van der Waals surface area contributed by atoms with Gasteiger partial charge in [-0.15, -0.1) is 24.8 Å². The summed E-state index contributed by atoms with van der Waals surface area (Å²) in [5.74, 6) is 0.258. The van der Waals surface area contributed by atoms with E-state index in [1.54, 1.807) is 12.3 Å². The molecule has 190 valence electrons. The van der Waals surface area contributed by atoms with Crippen molar-refractivity contribution in [3.8, 4) is 17.3 Å². The van der Waals surface area contributed by atoms with Gasteiger partial charge >= 0.3 is 0 Å². The van der Waals surface area contributed by atoms with E-state index >= 15 is 0 Å². The van der Waals surface area contributed by atoms with Crippen LogP contribution in [0.5, 0.6) is 11.6 Å². The Hall–Kier alpha value is -3.13. The van der Waals surface area contributed by atoms with Gasteiger partial charge in [-0.3, -0.25) is 14.3 Å². The van der Waals surface area contributed by atoms with Crippen molar-refractivity contribution in [2.24, 2.45) is 0 Å². The van der Waals surface area contributed by atoms with Gasteiger partial charge in [0, 0.05) is 49.5 Å². The molecular weight excluding hydrogens is 502 g/mol. The minimum Gasteiger partial charge on any atom is -0.439 e. The molecule has 1 saturated heterocycles. The van der Waals surface area contributed by atoms with Gasteiger partial charge in [-0.2, -0.15) is 0 Å². The normalized spacial score (nSPS) is 13.1. The predicted molar refractivity (Wildman–Crippen MR) is 145 cm³/mol. The summed E-state index contributed by atoms with van der Waals surface area (Å²) in [5, 5.41) is 4.07. The third kappa shape index (κ3) is 5.05. The smallest absolute Gasteiger partial charge is 0.260 e. The number of hydrogen-bond donors (Lipinski definition) is 1. The Kier molecular flexibility index (Phi) is 8.95. The number of fused-ring (bicyclic) bond motifs is 1. The second kappa shape index (κ2) is 11.7. The zero-order valence-corrected chi connectivity index (χ0v) is 21.8. The van der Waals surface area contributed by atoms with Crippen molar-refractivity contribution in [2.45, 2.75) is 20.3 Å². The van der Waals surface area contributed by atoms with Crippen LogP contribution in [0.2, 0.25) is 0 Å². The first kappa shape index (κ1) is 27.5. The number of aromatic nitrogens is 2. The van der Waals surface area contributed by atoms with E-state index < -0.39 is 5.82 Å². The molecule has 0 atom stereocenters. The molecule has 2 aromatic carbocycles. The molecule has 1 amide bonds. The van der Waals surface area contributed by atoms with E-state index in [1.807, 2.05) is 59.7 Å². The van der Waals surface area contributed by atoms with Gasteiger partial charge in [-0.05, 0) is 43.2 Å². The van der Waals surface area contributed by atoms with Gasteiger partial charge in [0.15, 0.2) is 0 Å². The van der Waals surface area contributed by atoms with Gasteiger partial charge in [0.25, 0.3) is 5.91 Å². The van der Waals surface area contributed by atoms with E-state index in [0.717, 1.165) is 40.9 Å². The summed E-state index contributed by atoms with van der Waals surface area (Å²) >= 11 is 0. The zero-order valence-electron chi connectivity index (χ0n) is 20.2. The number of benzene rings is 2. The number of hydrogen-bond acceptors (Lipinski definition) is 4. The number of nitrogens with zero attached hydrogens (tertiary/aromatic N) is 3. The summed E-state index contributed by atoms with van der Waals surface area (Å²) in [5.41, 5.74) is 3.79. The highest BCUT2D eigenvalue weighted by Gasteiger charge is 2.31. The standard InChI is InChI=1S/C27H27FN4O2.2ClH/c1-3-22-25-21(11-12-30-22)24(26(33)31-15-13-29-14-16-31)27(32(25)20-7-5-4-6-8-20)34-23-17-19(28)10-9-18(23)2;;/h4-12,17,29H,3,13-16H2,1-2H3;2*1H. The highest BCUT2D eigenvalue weighted by molar-refractivity contribution is 6.11. The number of nitrogens with one attached hydrogen (secondary N) is 1. The first-order chi connectivity index (χ1) is 16.6. The molecule has 1 N–H and O–H groups in total. The molecule has 6 nitrogen and oxygen atoms in total. The van der Waals surface area contributed by atoms with Crippen LogP contribution in [-0.4, -0.2) is 46.5 Å². The molecule has 0 aliphatic carbocycles. The molecule has 2 aromatic heterocycles. The fourth-order valence-electron chi connectivity index (χ4n) is 4.48. The van der Waals surface area contributed by atoms with E-state index in [2.05, 4.69) is 10.3 Å². The monoisotopic (exact) mass is 530 g/mol. The number of rotatable bonds is 5. The van der Waals surface area contributed by atoms with E-state index in [4.69, 9.17) is 4.74 Å². The quantitative estimate of drug-likeness (QED) is 0.358. The van der Waals surface area contributed by atoms with Crippen molar-refractivity contribution in [2.75, 3.05) is 26.2 Å². The number of carbonyl (C=O) groups is 1. The number of halogens is 3. The lowest BCUT2D eigenvalue weighted by Gasteiger charge is -2.27. The second-order valence-electron chi connectivity index (χ2n) is 8.41. The third-order valence-corrected chi connectivity index (χ3v) is 6.23. The van der Waals surface area contributed by atoms with Gasteiger partial charge in [-0.25, -0.2) is 4.39 Å². The Morgan fingerprint density at radius 1 is 1.08 bits per heavy atom. The molecule has 0 unspecified atom stereocenters. The maximum absolute atomic E-state index is 14.2. The molecule has 1 aliphatic rings. The molecule has 9 heteroatoms. The van der Waals surface area contributed by atoms with E-state index in [0.29, 0.717) is 36.7 Å². The molecule has 0 radical (unpaired) electrons. The lowest BCUT2D eigenvalue weighted by molar-refractivity contribution is 0.0735.